The van der Waals surface area contributed by atoms with Crippen molar-refractivity contribution in [3.63, 3.8) is 0 Å². The third-order valence-corrected chi connectivity index (χ3v) is 7.12. The number of aromatic nitrogens is 2. The Morgan fingerprint density at radius 1 is 1.11 bits per heavy atom. The van der Waals surface area contributed by atoms with E-state index in [4.69, 9.17) is 23.2 Å². The first-order chi connectivity index (χ1) is 18.0. The highest BCUT2D eigenvalue weighted by Crippen LogP contribution is 2.33. The third-order valence-electron chi connectivity index (χ3n) is 6.49. The van der Waals surface area contributed by atoms with Gasteiger partial charge in [-0.3, -0.25) is 9.59 Å². The predicted molar refractivity (Wildman–Crippen MR) is 142 cm³/mol. The predicted octanol–water partition coefficient (Wildman–Crippen LogP) is 5.49. The maximum absolute atomic E-state index is 13.0. The molecule has 4 rings (SSSR count). The molecule has 1 aliphatic heterocycles. The summed E-state index contributed by atoms with van der Waals surface area (Å²) in [4.78, 5) is 35.3. The van der Waals surface area contributed by atoms with E-state index in [1.54, 1.807) is 36.1 Å². The first-order valence-electron chi connectivity index (χ1n) is 12.1. The highest BCUT2D eigenvalue weighted by atomic mass is 35.5. The summed E-state index contributed by atoms with van der Waals surface area (Å²) in [5.74, 6) is -2.69. The minimum atomic E-state index is -4.60. The van der Waals surface area contributed by atoms with E-state index in [0.717, 1.165) is 5.69 Å². The van der Waals surface area contributed by atoms with Crippen molar-refractivity contribution in [3.05, 3.63) is 45.9 Å². The Morgan fingerprint density at radius 3 is 2.45 bits per heavy atom. The van der Waals surface area contributed by atoms with Gasteiger partial charge < -0.3 is 25.4 Å². The lowest BCUT2D eigenvalue weighted by atomic mass is 10.1. The zero-order valence-corrected chi connectivity index (χ0v) is 22.3. The molecule has 1 fully saturated rings. The Balaban J connectivity index is 1.47. The van der Waals surface area contributed by atoms with Gasteiger partial charge in [0.25, 0.3) is 0 Å². The fraction of sp³-hybridized carbons (Fsp3) is 0.400. The van der Waals surface area contributed by atoms with Crippen LogP contribution in [-0.2, 0) is 16.1 Å². The average molecular weight is 571 g/mol. The molecule has 3 N–H and O–H groups in total. The van der Waals surface area contributed by atoms with Crippen LogP contribution >= 0.6 is 23.2 Å². The number of rotatable bonds is 7. The van der Waals surface area contributed by atoms with E-state index in [9.17, 15) is 22.8 Å². The summed E-state index contributed by atoms with van der Waals surface area (Å²) in [5, 5.41) is 6.35. The van der Waals surface area contributed by atoms with Crippen LogP contribution in [0, 0.1) is 5.92 Å². The number of alkyl halides is 3. The summed E-state index contributed by atoms with van der Waals surface area (Å²) in [7, 11) is 0. The molecule has 0 aliphatic carbocycles. The van der Waals surface area contributed by atoms with Crippen molar-refractivity contribution in [1.82, 2.24) is 20.2 Å². The molecule has 8 nitrogen and oxygen atoms in total. The molecule has 1 unspecified atom stereocenters. The minimum Gasteiger partial charge on any atom is -0.367 e. The second kappa shape index (κ2) is 11.3. The lowest BCUT2D eigenvalue weighted by molar-refractivity contribution is -0.183. The van der Waals surface area contributed by atoms with Crippen molar-refractivity contribution >= 4 is 63.4 Å². The molecule has 204 valence electrons. The van der Waals surface area contributed by atoms with E-state index in [1.165, 1.54) is 6.92 Å². The Morgan fingerprint density at radius 2 is 1.82 bits per heavy atom. The lowest BCUT2D eigenvalue weighted by Gasteiger charge is -2.36. The van der Waals surface area contributed by atoms with Crippen molar-refractivity contribution in [3.8, 4) is 0 Å². The molecule has 13 heteroatoms. The summed E-state index contributed by atoms with van der Waals surface area (Å²) in [6.45, 7) is 5.32. The molecule has 2 aromatic carbocycles. The molecule has 0 saturated carbocycles. The van der Waals surface area contributed by atoms with Gasteiger partial charge in [-0.2, -0.15) is 13.2 Å². The number of imidazole rings is 1. The largest absolute Gasteiger partial charge is 0.400 e. The third kappa shape index (κ3) is 6.27. The Bertz CT molecular complexity index is 1340. The molecular formula is C25H27Cl2F3N6O2. The number of hydrogen-bond acceptors (Lipinski definition) is 5. The Labute approximate surface area is 227 Å². The Hall–Kier alpha value is -3.18. The van der Waals surface area contributed by atoms with Crippen LogP contribution in [-0.4, -0.2) is 59.0 Å². The van der Waals surface area contributed by atoms with E-state index < -0.39 is 18.0 Å². The molecule has 0 spiro atoms. The van der Waals surface area contributed by atoms with E-state index in [0.29, 0.717) is 64.5 Å². The van der Waals surface area contributed by atoms with Gasteiger partial charge >= 0.3 is 6.18 Å². The molecule has 2 heterocycles. The number of carbonyl (C=O) groups excluding carboxylic acids is 2. The highest BCUT2D eigenvalue weighted by Gasteiger charge is 2.43. The van der Waals surface area contributed by atoms with Crippen LogP contribution in [0.5, 0.6) is 0 Å². The fourth-order valence-electron chi connectivity index (χ4n) is 4.37. The van der Waals surface area contributed by atoms with Gasteiger partial charge in [-0.1, -0.05) is 36.2 Å². The number of halogens is 5. The van der Waals surface area contributed by atoms with Crippen LogP contribution in [0.3, 0.4) is 0 Å². The summed E-state index contributed by atoms with van der Waals surface area (Å²) in [6.07, 6.45) is -4.94. The molecule has 1 aliphatic rings. The summed E-state index contributed by atoms with van der Waals surface area (Å²) < 4.78 is 39.1. The molecule has 3 aromatic rings. The first kappa shape index (κ1) is 27.8. The maximum atomic E-state index is 13.0. The molecule has 1 aromatic heterocycles. The topological polar surface area (TPSA) is 93.4 Å². The van der Waals surface area contributed by atoms with Gasteiger partial charge in [0.05, 0.1) is 32.5 Å². The van der Waals surface area contributed by atoms with Crippen molar-refractivity contribution < 1.29 is 22.8 Å². The lowest BCUT2D eigenvalue weighted by Crippen LogP contribution is -2.48. The standard InChI is InChI=1S/C25H27Cl2F3N6O2/c1-3-16(25(28,29)30)23(38)31-13-15-4-5-17(26)19(10-15)32-24-33-20-11-18(27)22(12-21(20)34-24)36-8-6-35(7-9-36)14(2)37/h4-5,10-12,16H,3,6-9,13H2,1-2H3,(H,31,38)(H2,32,33,34). The van der Waals surface area contributed by atoms with Gasteiger partial charge in [-0.25, -0.2) is 4.98 Å². The molecule has 0 radical (unpaired) electrons. The van der Waals surface area contributed by atoms with Crippen molar-refractivity contribution in [2.75, 3.05) is 36.4 Å². The number of benzene rings is 2. The highest BCUT2D eigenvalue weighted by molar-refractivity contribution is 6.34. The Kier molecular flexibility index (Phi) is 8.27. The number of amides is 2. The van der Waals surface area contributed by atoms with Gasteiger partial charge in [-0.15, -0.1) is 0 Å². The number of piperazine rings is 1. The first-order valence-corrected chi connectivity index (χ1v) is 12.8. The monoisotopic (exact) mass is 570 g/mol. The second-order valence-corrected chi connectivity index (χ2v) is 9.87. The van der Waals surface area contributed by atoms with Crippen molar-refractivity contribution in [2.24, 2.45) is 5.92 Å². The van der Waals surface area contributed by atoms with Gasteiger partial charge in [0.15, 0.2) is 0 Å². The van der Waals surface area contributed by atoms with Crippen LogP contribution < -0.4 is 15.5 Å². The van der Waals surface area contributed by atoms with Gasteiger partial charge in [0, 0.05) is 39.6 Å². The summed E-state index contributed by atoms with van der Waals surface area (Å²) in [5.41, 5.74) is 3.21. The van der Waals surface area contributed by atoms with Crippen molar-refractivity contribution in [1.29, 1.82) is 0 Å². The maximum Gasteiger partial charge on any atom is 0.400 e. The number of nitrogens with one attached hydrogen (secondary N) is 3. The fourth-order valence-corrected chi connectivity index (χ4v) is 4.81. The smallest absolute Gasteiger partial charge is 0.367 e. The molecule has 38 heavy (non-hydrogen) atoms. The number of carbonyl (C=O) groups is 2. The van der Waals surface area contributed by atoms with Crippen LogP contribution in [0.25, 0.3) is 11.0 Å². The normalized spacial score (nSPS) is 15.0. The van der Waals surface area contributed by atoms with Crippen LogP contribution in [0.4, 0.5) is 30.5 Å². The van der Waals surface area contributed by atoms with E-state index in [-0.39, 0.29) is 18.9 Å². The minimum absolute atomic E-state index is 0.0470. The van der Waals surface area contributed by atoms with E-state index in [1.807, 2.05) is 6.07 Å². The zero-order chi connectivity index (χ0) is 27.6. The number of fused-ring (bicyclic) bond motifs is 1. The number of hydrogen-bond donors (Lipinski definition) is 3. The quantitative estimate of drug-likeness (QED) is 0.349. The zero-order valence-electron chi connectivity index (χ0n) is 20.8. The van der Waals surface area contributed by atoms with Crippen molar-refractivity contribution in [2.45, 2.75) is 33.0 Å². The molecule has 1 atom stereocenters. The molecule has 2 amide bonds. The van der Waals surface area contributed by atoms with Gasteiger partial charge in [0.1, 0.15) is 5.92 Å². The van der Waals surface area contributed by atoms with Crippen LogP contribution in [0.15, 0.2) is 30.3 Å². The molecule has 0 bridgehead atoms. The van der Waals surface area contributed by atoms with Crippen LogP contribution in [0.2, 0.25) is 10.0 Å². The second-order valence-electron chi connectivity index (χ2n) is 9.06. The summed E-state index contributed by atoms with van der Waals surface area (Å²) >= 11 is 12.9. The number of anilines is 3. The van der Waals surface area contributed by atoms with E-state index in [2.05, 4.69) is 25.5 Å². The number of aromatic amines is 1. The number of H-pyrrole nitrogens is 1. The van der Waals surface area contributed by atoms with E-state index >= 15 is 0 Å². The molecular weight excluding hydrogens is 544 g/mol. The molecule has 1 saturated heterocycles. The average Bonchev–Trinajstić information content (AvgIpc) is 3.24. The SMILES string of the molecule is CCC(C(=O)NCc1ccc(Cl)c(Nc2nc3cc(N4CCN(C(C)=O)CC4)c(Cl)cc3[nH]2)c1)C(F)(F)F. The van der Waals surface area contributed by atoms with Crippen LogP contribution in [0.1, 0.15) is 25.8 Å². The summed E-state index contributed by atoms with van der Waals surface area (Å²) in [6, 6.07) is 8.50. The van der Waals surface area contributed by atoms with Gasteiger partial charge in [0.2, 0.25) is 17.8 Å². The van der Waals surface area contributed by atoms with Gasteiger partial charge in [-0.05, 0) is 36.2 Å². The number of nitrogens with zero attached hydrogens (tertiary/aromatic N) is 3.